The third-order valence-corrected chi connectivity index (χ3v) is 1.77. The van der Waals surface area contributed by atoms with Crippen molar-refractivity contribution in [2.75, 3.05) is 13.2 Å². The summed E-state index contributed by atoms with van der Waals surface area (Å²) in [5, 5.41) is 0. The van der Waals surface area contributed by atoms with E-state index in [0.29, 0.717) is 13.2 Å². The van der Waals surface area contributed by atoms with Gasteiger partial charge in [-0.1, -0.05) is 6.07 Å². The largest absolute Gasteiger partial charge is 0.375 e. The number of rotatable bonds is 6. The summed E-state index contributed by atoms with van der Waals surface area (Å²) in [7, 11) is 0. The maximum Gasteiger partial charge on any atom is 0.0887 e. The Labute approximate surface area is 85.1 Å². The minimum atomic E-state index is 0.580. The Hall–Kier alpha value is -0.930. The van der Waals surface area contributed by atoms with E-state index in [1.54, 1.807) is 0 Å². The standard InChI is InChI=1S/C11H17NO2/c1-3-13-8-10-6-5-7-11(12-10)9-14-4-2/h5-7H,3-4,8-9H2,1-2H3. The monoisotopic (exact) mass is 195 g/mol. The highest BCUT2D eigenvalue weighted by atomic mass is 16.5. The molecule has 78 valence electrons. The molecule has 0 atom stereocenters. The summed E-state index contributed by atoms with van der Waals surface area (Å²) < 4.78 is 10.6. The second-order valence-corrected chi connectivity index (χ2v) is 2.89. The first-order chi connectivity index (χ1) is 6.86. The van der Waals surface area contributed by atoms with Crippen LogP contribution in [0, 0.1) is 0 Å². The van der Waals surface area contributed by atoms with E-state index in [2.05, 4.69) is 4.98 Å². The van der Waals surface area contributed by atoms with Gasteiger partial charge in [0.25, 0.3) is 0 Å². The van der Waals surface area contributed by atoms with Gasteiger partial charge in [0.2, 0.25) is 0 Å². The van der Waals surface area contributed by atoms with Crippen LogP contribution in [0.15, 0.2) is 18.2 Å². The zero-order valence-corrected chi connectivity index (χ0v) is 8.82. The minimum Gasteiger partial charge on any atom is -0.375 e. The van der Waals surface area contributed by atoms with Crippen LogP contribution >= 0.6 is 0 Å². The van der Waals surface area contributed by atoms with Gasteiger partial charge >= 0.3 is 0 Å². The van der Waals surface area contributed by atoms with Gasteiger partial charge in [-0.05, 0) is 26.0 Å². The van der Waals surface area contributed by atoms with Gasteiger partial charge in [-0.2, -0.15) is 0 Å². The van der Waals surface area contributed by atoms with Gasteiger partial charge in [-0.15, -0.1) is 0 Å². The van der Waals surface area contributed by atoms with Crippen LogP contribution in [-0.4, -0.2) is 18.2 Å². The number of pyridine rings is 1. The lowest BCUT2D eigenvalue weighted by atomic mass is 10.3. The SMILES string of the molecule is CCOCc1cccc(COCC)n1. The van der Waals surface area contributed by atoms with Crippen LogP contribution in [0.1, 0.15) is 25.2 Å². The fourth-order valence-electron chi connectivity index (χ4n) is 1.10. The van der Waals surface area contributed by atoms with E-state index in [1.165, 1.54) is 0 Å². The molecule has 3 heteroatoms. The Morgan fingerprint density at radius 1 is 1.00 bits per heavy atom. The van der Waals surface area contributed by atoms with Crippen molar-refractivity contribution >= 4 is 0 Å². The van der Waals surface area contributed by atoms with Crippen molar-refractivity contribution in [2.45, 2.75) is 27.1 Å². The molecule has 0 radical (unpaired) electrons. The lowest BCUT2D eigenvalue weighted by molar-refractivity contribution is 0.124. The fourth-order valence-corrected chi connectivity index (χ4v) is 1.10. The average molecular weight is 195 g/mol. The zero-order chi connectivity index (χ0) is 10.2. The predicted molar refractivity (Wildman–Crippen MR) is 54.9 cm³/mol. The first-order valence-corrected chi connectivity index (χ1v) is 4.97. The van der Waals surface area contributed by atoms with E-state index in [0.717, 1.165) is 24.6 Å². The Kier molecular flexibility index (Phi) is 5.19. The molecule has 0 aliphatic carbocycles. The summed E-state index contributed by atoms with van der Waals surface area (Å²) in [4.78, 5) is 4.40. The number of hydrogen-bond acceptors (Lipinski definition) is 3. The second kappa shape index (κ2) is 6.51. The Bertz CT molecular complexity index is 240. The quantitative estimate of drug-likeness (QED) is 0.697. The highest BCUT2D eigenvalue weighted by Crippen LogP contribution is 2.02. The van der Waals surface area contributed by atoms with Crippen molar-refractivity contribution in [1.29, 1.82) is 0 Å². The normalized spacial score (nSPS) is 10.4. The van der Waals surface area contributed by atoms with Crippen LogP contribution in [-0.2, 0) is 22.7 Å². The molecule has 0 saturated heterocycles. The lowest BCUT2D eigenvalue weighted by Gasteiger charge is -2.04. The van der Waals surface area contributed by atoms with E-state index in [1.807, 2.05) is 32.0 Å². The molecule has 1 heterocycles. The van der Waals surface area contributed by atoms with Crippen molar-refractivity contribution in [1.82, 2.24) is 4.98 Å². The average Bonchev–Trinajstić information content (AvgIpc) is 2.24. The molecule has 0 amide bonds. The van der Waals surface area contributed by atoms with Gasteiger partial charge in [0, 0.05) is 13.2 Å². The van der Waals surface area contributed by atoms with Crippen LogP contribution < -0.4 is 0 Å². The summed E-state index contributed by atoms with van der Waals surface area (Å²) in [6, 6.07) is 5.91. The van der Waals surface area contributed by atoms with Crippen LogP contribution in [0.3, 0.4) is 0 Å². The molecule has 14 heavy (non-hydrogen) atoms. The van der Waals surface area contributed by atoms with Crippen LogP contribution in [0.5, 0.6) is 0 Å². The zero-order valence-electron chi connectivity index (χ0n) is 8.82. The molecule has 1 aromatic rings. The van der Waals surface area contributed by atoms with Gasteiger partial charge in [-0.25, -0.2) is 0 Å². The molecule has 0 spiro atoms. The van der Waals surface area contributed by atoms with Crippen LogP contribution in [0.25, 0.3) is 0 Å². The van der Waals surface area contributed by atoms with E-state index in [-0.39, 0.29) is 0 Å². The Morgan fingerprint density at radius 2 is 1.50 bits per heavy atom. The highest BCUT2D eigenvalue weighted by molar-refractivity contribution is 5.09. The molecule has 1 aromatic heterocycles. The van der Waals surface area contributed by atoms with E-state index in [9.17, 15) is 0 Å². The maximum absolute atomic E-state index is 5.28. The summed E-state index contributed by atoms with van der Waals surface area (Å²) in [5.74, 6) is 0. The summed E-state index contributed by atoms with van der Waals surface area (Å²) in [5.41, 5.74) is 1.92. The van der Waals surface area contributed by atoms with Gasteiger partial charge in [0.05, 0.1) is 24.6 Å². The van der Waals surface area contributed by atoms with Crippen LogP contribution in [0.4, 0.5) is 0 Å². The second-order valence-electron chi connectivity index (χ2n) is 2.89. The summed E-state index contributed by atoms with van der Waals surface area (Å²) in [6.45, 7) is 6.55. The summed E-state index contributed by atoms with van der Waals surface area (Å²) >= 11 is 0. The van der Waals surface area contributed by atoms with E-state index >= 15 is 0 Å². The third-order valence-electron chi connectivity index (χ3n) is 1.77. The van der Waals surface area contributed by atoms with Gasteiger partial charge in [-0.3, -0.25) is 4.98 Å². The van der Waals surface area contributed by atoms with E-state index in [4.69, 9.17) is 9.47 Å². The minimum absolute atomic E-state index is 0.580. The third kappa shape index (κ3) is 3.85. The molecule has 3 nitrogen and oxygen atoms in total. The van der Waals surface area contributed by atoms with Gasteiger partial charge in [0.15, 0.2) is 0 Å². The predicted octanol–water partition coefficient (Wildman–Crippen LogP) is 2.15. The number of nitrogens with zero attached hydrogens (tertiary/aromatic N) is 1. The first-order valence-electron chi connectivity index (χ1n) is 4.97. The molecule has 0 aliphatic rings. The molecule has 0 saturated carbocycles. The Morgan fingerprint density at radius 3 is 1.93 bits per heavy atom. The molecule has 0 N–H and O–H groups in total. The van der Waals surface area contributed by atoms with Crippen molar-refractivity contribution < 1.29 is 9.47 Å². The summed E-state index contributed by atoms with van der Waals surface area (Å²) in [6.07, 6.45) is 0. The maximum atomic E-state index is 5.28. The van der Waals surface area contributed by atoms with Crippen molar-refractivity contribution in [3.63, 3.8) is 0 Å². The van der Waals surface area contributed by atoms with Gasteiger partial charge in [0.1, 0.15) is 0 Å². The molecule has 0 bridgehead atoms. The molecule has 0 unspecified atom stereocenters. The molecular weight excluding hydrogens is 178 g/mol. The van der Waals surface area contributed by atoms with Crippen molar-refractivity contribution in [2.24, 2.45) is 0 Å². The lowest BCUT2D eigenvalue weighted by Crippen LogP contribution is -2.00. The molecule has 0 fully saturated rings. The van der Waals surface area contributed by atoms with Crippen molar-refractivity contribution in [3.05, 3.63) is 29.6 Å². The van der Waals surface area contributed by atoms with Crippen LogP contribution in [0.2, 0.25) is 0 Å². The number of ether oxygens (including phenoxy) is 2. The molecular formula is C11H17NO2. The first kappa shape index (κ1) is 11.1. The van der Waals surface area contributed by atoms with Crippen molar-refractivity contribution in [3.8, 4) is 0 Å². The smallest absolute Gasteiger partial charge is 0.0887 e. The Balaban J connectivity index is 2.50. The number of aromatic nitrogens is 1. The topological polar surface area (TPSA) is 31.4 Å². The van der Waals surface area contributed by atoms with E-state index < -0.39 is 0 Å². The number of hydrogen-bond donors (Lipinski definition) is 0. The highest BCUT2D eigenvalue weighted by Gasteiger charge is 1.97. The molecule has 0 aromatic carbocycles. The van der Waals surface area contributed by atoms with Gasteiger partial charge < -0.3 is 9.47 Å². The fraction of sp³-hybridized carbons (Fsp3) is 0.545. The molecule has 1 rings (SSSR count). The molecule has 0 aliphatic heterocycles.